The Morgan fingerprint density at radius 3 is 2.65 bits per heavy atom. The van der Waals surface area contributed by atoms with E-state index >= 15 is 0 Å². The van der Waals surface area contributed by atoms with Crippen LogP contribution in [0.5, 0.6) is 0 Å². The lowest BCUT2D eigenvalue weighted by Crippen LogP contribution is -2.48. The Bertz CT molecular complexity index is 421. The van der Waals surface area contributed by atoms with Gasteiger partial charge in [-0.1, -0.05) is 0 Å². The van der Waals surface area contributed by atoms with Gasteiger partial charge in [0.25, 0.3) is 5.91 Å². The van der Waals surface area contributed by atoms with Gasteiger partial charge in [0.2, 0.25) is 0 Å². The van der Waals surface area contributed by atoms with Crippen molar-refractivity contribution in [2.75, 3.05) is 6.54 Å². The number of carbonyl (C=O) groups is 2. The summed E-state index contributed by atoms with van der Waals surface area (Å²) in [4.78, 5) is 32.1. The second kappa shape index (κ2) is 4.90. The predicted molar refractivity (Wildman–Crippen MR) is 58.3 cm³/mol. The zero-order chi connectivity index (χ0) is 12.3. The van der Waals surface area contributed by atoms with Crippen molar-refractivity contribution >= 4 is 11.9 Å². The van der Waals surface area contributed by atoms with Gasteiger partial charge >= 0.3 is 5.97 Å². The van der Waals surface area contributed by atoms with Gasteiger partial charge in [0.05, 0.1) is 5.56 Å². The van der Waals surface area contributed by atoms with Gasteiger partial charge in [-0.15, -0.1) is 0 Å². The molecule has 0 spiro atoms. The van der Waals surface area contributed by atoms with Crippen LogP contribution in [0, 0.1) is 0 Å². The highest BCUT2D eigenvalue weighted by molar-refractivity contribution is 5.96. The van der Waals surface area contributed by atoms with Crippen LogP contribution in [0.3, 0.4) is 0 Å². The molecule has 1 fully saturated rings. The lowest BCUT2D eigenvalue weighted by atomic mass is 10.0. The molecule has 1 saturated heterocycles. The molecule has 2 heterocycles. The second-order valence-corrected chi connectivity index (χ2v) is 3.98. The van der Waals surface area contributed by atoms with E-state index in [4.69, 9.17) is 5.11 Å². The van der Waals surface area contributed by atoms with Gasteiger partial charge in [0, 0.05) is 18.9 Å². The minimum absolute atomic E-state index is 0.308. The number of rotatable bonds is 2. The number of aliphatic carboxylic acids is 1. The summed E-state index contributed by atoms with van der Waals surface area (Å²) < 4.78 is 0. The highest BCUT2D eigenvalue weighted by Crippen LogP contribution is 2.19. The van der Waals surface area contributed by atoms with Crippen LogP contribution >= 0.6 is 0 Å². The Hall–Kier alpha value is -1.98. The van der Waals surface area contributed by atoms with Crippen molar-refractivity contribution in [1.29, 1.82) is 0 Å². The number of hydrogen-bond acceptors (Lipinski definition) is 4. The molecule has 17 heavy (non-hydrogen) atoms. The first-order valence-electron chi connectivity index (χ1n) is 5.49. The summed E-state index contributed by atoms with van der Waals surface area (Å²) in [6.07, 6.45) is 6.33. The summed E-state index contributed by atoms with van der Waals surface area (Å²) in [6, 6.07) is -0.726. The third kappa shape index (κ3) is 2.41. The fraction of sp³-hybridized carbons (Fsp3) is 0.455. The fourth-order valence-corrected chi connectivity index (χ4v) is 2.01. The number of carboxylic acids is 1. The number of piperidine rings is 1. The minimum Gasteiger partial charge on any atom is -0.480 e. The van der Waals surface area contributed by atoms with Gasteiger partial charge in [-0.2, -0.15) is 0 Å². The van der Waals surface area contributed by atoms with E-state index < -0.39 is 12.0 Å². The van der Waals surface area contributed by atoms with E-state index in [-0.39, 0.29) is 5.91 Å². The van der Waals surface area contributed by atoms with Crippen LogP contribution in [-0.4, -0.2) is 44.4 Å². The van der Waals surface area contributed by atoms with Gasteiger partial charge in [0.1, 0.15) is 12.4 Å². The topological polar surface area (TPSA) is 83.4 Å². The van der Waals surface area contributed by atoms with Crippen LogP contribution in [-0.2, 0) is 4.79 Å². The summed E-state index contributed by atoms with van der Waals surface area (Å²) in [5.74, 6) is -1.26. The van der Waals surface area contributed by atoms with Crippen LogP contribution in [0.1, 0.15) is 29.6 Å². The molecular formula is C11H13N3O3. The van der Waals surface area contributed by atoms with Crippen LogP contribution < -0.4 is 0 Å². The Morgan fingerprint density at radius 1 is 1.29 bits per heavy atom. The van der Waals surface area contributed by atoms with E-state index in [1.807, 2.05) is 0 Å². The highest BCUT2D eigenvalue weighted by atomic mass is 16.4. The van der Waals surface area contributed by atoms with Crippen molar-refractivity contribution in [3.63, 3.8) is 0 Å². The van der Waals surface area contributed by atoms with E-state index in [1.54, 1.807) is 0 Å². The maximum Gasteiger partial charge on any atom is 0.326 e. The molecule has 1 atom stereocenters. The lowest BCUT2D eigenvalue weighted by molar-refractivity contribution is -0.143. The molecule has 1 N–H and O–H groups in total. The maximum absolute atomic E-state index is 12.1. The molecule has 0 radical (unpaired) electrons. The van der Waals surface area contributed by atoms with Crippen LogP contribution in [0.2, 0.25) is 0 Å². The number of likely N-dealkylation sites (tertiary alicyclic amines) is 1. The molecule has 1 aromatic heterocycles. The number of amides is 1. The van der Waals surface area contributed by atoms with Crippen molar-refractivity contribution in [2.24, 2.45) is 0 Å². The van der Waals surface area contributed by atoms with Crippen molar-refractivity contribution in [3.8, 4) is 0 Å². The Kier molecular flexibility index (Phi) is 3.32. The molecule has 0 aliphatic carbocycles. The summed E-state index contributed by atoms with van der Waals surface area (Å²) in [6.45, 7) is 0.477. The number of carboxylic acid groups (broad SMARTS) is 1. The van der Waals surface area contributed by atoms with Gasteiger partial charge in [0.15, 0.2) is 0 Å². The summed E-state index contributed by atoms with van der Waals surface area (Å²) in [5, 5.41) is 9.08. The SMILES string of the molecule is O=C(O)C1CCCCN1C(=O)c1cncnc1. The molecule has 2 rings (SSSR count). The molecule has 1 aliphatic heterocycles. The monoisotopic (exact) mass is 235 g/mol. The van der Waals surface area contributed by atoms with E-state index in [0.717, 1.165) is 12.8 Å². The zero-order valence-corrected chi connectivity index (χ0v) is 9.24. The van der Waals surface area contributed by atoms with E-state index in [1.165, 1.54) is 23.6 Å². The molecule has 0 bridgehead atoms. The largest absolute Gasteiger partial charge is 0.480 e. The fourth-order valence-electron chi connectivity index (χ4n) is 2.01. The molecule has 1 aromatic rings. The molecule has 6 heteroatoms. The van der Waals surface area contributed by atoms with Gasteiger partial charge < -0.3 is 10.0 Å². The van der Waals surface area contributed by atoms with Crippen LogP contribution in [0.4, 0.5) is 0 Å². The molecular weight excluding hydrogens is 222 g/mol. The van der Waals surface area contributed by atoms with Gasteiger partial charge in [-0.05, 0) is 19.3 Å². The lowest BCUT2D eigenvalue weighted by Gasteiger charge is -2.32. The molecule has 6 nitrogen and oxygen atoms in total. The van der Waals surface area contributed by atoms with Crippen molar-refractivity contribution < 1.29 is 14.7 Å². The summed E-state index contributed by atoms with van der Waals surface area (Å²) in [5.41, 5.74) is 0.334. The van der Waals surface area contributed by atoms with Gasteiger partial charge in [-0.25, -0.2) is 14.8 Å². The number of carbonyl (C=O) groups excluding carboxylic acids is 1. The Balaban J connectivity index is 2.20. The van der Waals surface area contributed by atoms with Gasteiger partial charge in [-0.3, -0.25) is 4.79 Å². The standard InChI is InChI=1S/C11H13N3O3/c15-10(8-5-12-7-13-6-8)14-4-2-1-3-9(14)11(16)17/h5-7,9H,1-4H2,(H,16,17). The average Bonchev–Trinajstić information content (AvgIpc) is 2.39. The van der Waals surface area contributed by atoms with E-state index in [9.17, 15) is 9.59 Å². The smallest absolute Gasteiger partial charge is 0.326 e. The molecule has 0 saturated carbocycles. The van der Waals surface area contributed by atoms with Crippen molar-refractivity contribution in [1.82, 2.24) is 14.9 Å². The van der Waals surface area contributed by atoms with E-state index in [2.05, 4.69) is 9.97 Å². The summed E-state index contributed by atoms with van der Waals surface area (Å²) in [7, 11) is 0. The quantitative estimate of drug-likeness (QED) is 0.809. The first-order valence-corrected chi connectivity index (χ1v) is 5.49. The Labute approximate surface area is 98.3 Å². The third-order valence-electron chi connectivity index (χ3n) is 2.86. The molecule has 1 unspecified atom stereocenters. The Morgan fingerprint density at radius 2 is 2.00 bits per heavy atom. The minimum atomic E-state index is -0.949. The first kappa shape index (κ1) is 11.5. The van der Waals surface area contributed by atoms with Crippen LogP contribution in [0.15, 0.2) is 18.7 Å². The molecule has 90 valence electrons. The average molecular weight is 235 g/mol. The molecule has 1 aliphatic rings. The second-order valence-electron chi connectivity index (χ2n) is 3.98. The predicted octanol–water partition coefficient (Wildman–Crippen LogP) is 0.556. The number of nitrogens with zero attached hydrogens (tertiary/aromatic N) is 3. The first-order chi connectivity index (χ1) is 8.20. The summed E-state index contributed by atoms with van der Waals surface area (Å²) >= 11 is 0. The number of aromatic nitrogens is 2. The molecule has 1 amide bonds. The van der Waals surface area contributed by atoms with Crippen molar-refractivity contribution in [3.05, 3.63) is 24.3 Å². The molecule has 0 aromatic carbocycles. The maximum atomic E-state index is 12.1. The third-order valence-corrected chi connectivity index (χ3v) is 2.86. The normalized spacial score (nSPS) is 20.0. The number of hydrogen-bond donors (Lipinski definition) is 1. The van der Waals surface area contributed by atoms with E-state index in [0.29, 0.717) is 18.5 Å². The highest BCUT2D eigenvalue weighted by Gasteiger charge is 2.32. The van der Waals surface area contributed by atoms with Crippen molar-refractivity contribution in [2.45, 2.75) is 25.3 Å². The van der Waals surface area contributed by atoms with Crippen LogP contribution in [0.25, 0.3) is 0 Å². The zero-order valence-electron chi connectivity index (χ0n) is 9.24.